The van der Waals surface area contributed by atoms with E-state index in [9.17, 15) is 14.9 Å². The number of hydrogen-bond donors (Lipinski definition) is 1. The number of aromatic amines is 1. The van der Waals surface area contributed by atoms with Gasteiger partial charge in [-0.25, -0.2) is 4.79 Å². The van der Waals surface area contributed by atoms with Crippen LogP contribution in [0.2, 0.25) is 0 Å². The summed E-state index contributed by atoms with van der Waals surface area (Å²) in [6, 6.07) is 3.17. The zero-order valence-electron chi connectivity index (χ0n) is 11.8. The van der Waals surface area contributed by atoms with Crippen LogP contribution in [-0.2, 0) is 11.2 Å². The number of carbonyl (C=O) groups is 1. The molecule has 0 saturated heterocycles. The Bertz CT molecular complexity index is 679. The van der Waals surface area contributed by atoms with E-state index in [1.54, 1.807) is 13.0 Å². The molecule has 0 fully saturated rings. The number of aromatic nitrogens is 2. The Balaban J connectivity index is 2.60. The van der Waals surface area contributed by atoms with E-state index in [2.05, 4.69) is 9.97 Å². The molecule has 0 aliphatic rings. The number of aryl methyl sites for hydroxylation is 1. The first kappa shape index (κ1) is 14.7. The van der Waals surface area contributed by atoms with Crippen molar-refractivity contribution in [2.75, 3.05) is 6.61 Å². The number of nitro groups is 1. The minimum Gasteiger partial charge on any atom is -0.462 e. The normalized spacial score (nSPS) is 10.4. The molecule has 2 heterocycles. The van der Waals surface area contributed by atoms with E-state index >= 15 is 0 Å². The SMILES string of the molecule is CCOC(=O)c1cc(CC)[nH]c1-c1ccncc1[N+](=O)[O-]. The maximum atomic E-state index is 12.0. The summed E-state index contributed by atoms with van der Waals surface area (Å²) >= 11 is 0. The van der Waals surface area contributed by atoms with Crippen LogP contribution in [-0.4, -0.2) is 27.5 Å². The fourth-order valence-corrected chi connectivity index (χ4v) is 2.03. The van der Waals surface area contributed by atoms with Crippen LogP contribution in [0.15, 0.2) is 24.5 Å². The smallest absolute Gasteiger partial charge is 0.340 e. The molecule has 0 spiro atoms. The fourth-order valence-electron chi connectivity index (χ4n) is 2.03. The van der Waals surface area contributed by atoms with Crippen LogP contribution in [0, 0.1) is 10.1 Å². The molecule has 2 rings (SSSR count). The van der Waals surface area contributed by atoms with E-state index in [0.29, 0.717) is 23.2 Å². The average molecular weight is 289 g/mol. The van der Waals surface area contributed by atoms with Crippen LogP contribution in [0.4, 0.5) is 5.69 Å². The first-order valence-corrected chi connectivity index (χ1v) is 6.56. The lowest BCUT2D eigenvalue weighted by molar-refractivity contribution is -0.384. The summed E-state index contributed by atoms with van der Waals surface area (Å²) in [7, 11) is 0. The summed E-state index contributed by atoms with van der Waals surface area (Å²) < 4.78 is 5.00. The Morgan fingerprint density at radius 3 is 2.86 bits per heavy atom. The van der Waals surface area contributed by atoms with Gasteiger partial charge in [-0.15, -0.1) is 0 Å². The first-order valence-electron chi connectivity index (χ1n) is 6.56. The first-order chi connectivity index (χ1) is 10.1. The Morgan fingerprint density at radius 1 is 1.48 bits per heavy atom. The molecule has 0 saturated carbocycles. The molecule has 1 N–H and O–H groups in total. The molecule has 21 heavy (non-hydrogen) atoms. The second-order valence-corrected chi connectivity index (χ2v) is 4.31. The Labute approximate surface area is 121 Å². The van der Waals surface area contributed by atoms with Crippen LogP contribution in [0.1, 0.15) is 29.9 Å². The van der Waals surface area contributed by atoms with E-state index in [1.165, 1.54) is 12.3 Å². The number of pyridine rings is 1. The van der Waals surface area contributed by atoms with Gasteiger partial charge in [-0.1, -0.05) is 6.92 Å². The highest BCUT2D eigenvalue weighted by Gasteiger charge is 2.23. The van der Waals surface area contributed by atoms with Gasteiger partial charge in [0, 0.05) is 11.9 Å². The summed E-state index contributed by atoms with van der Waals surface area (Å²) in [6.45, 7) is 3.87. The summed E-state index contributed by atoms with van der Waals surface area (Å²) in [6.07, 6.45) is 3.28. The maximum Gasteiger partial charge on any atom is 0.340 e. The number of carbonyl (C=O) groups excluding carboxylic acids is 1. The van der Waals surface area contributed by atoms with Gasteiger partial charge in [0.1, 0.15) is 6.20 Å². The lowest BCUT2D eigenvalue weighted by Gasteiger charge is -2.04. The second kappa shape index (κ2) is 6.17. The number of nitrogens with one attached hydrogen (secondary N) is 1. The highest BCUT2D eigenvalue weighted by atomic mass is 16.6. The van der Waals surface area contributed by atoms with Gasteiger partial charge in [-0.3, -0.25) is 15.1 Å². The molecule has 2 aromatic rings. The van der Waals surface area contributed by atoms with Crippen molar-refractivity contribution < 1.29 is 14.5 Å². The summed E-state index contributed by atoms with van der Waals surface area (Å²) in [5, 5.41) is 11.1. The molecule has 0 aliphatic heterocycles. The predicted octanol–water partition coefficient (Wildman–Crippen LogP) is 2.72. The van der Waals surface area contributed by atoms with Gasteiger partial charge in [0.2, 0.25) is 0 Å². The van der Waals surface area contributed by atoms with E-state index < -0.39 is 10.9 Å². The topological polar surface area (TPSA) is 98.1 Å². The van der Waals surface area contributed by atoms with Gasteiger partial charge < -0.3 is 9.72 Å². The van der Waals surface area contributed by atoms with Crippen LogP contribution in [0.3, 0.4) is 0 Å². The van der Waals surface area contributed by atoms with Crippen molar-refractivity contribution >= 4 is 11.7 Å². The van der Waals surface area contributed by atoms with Gasteiger partial charge in [-0.2, -0.15) is 0 Å². The Hall–Kier alpha value is -2.70. The molecule has 0 aliphatic carbocycles. The van der Waals surface area contributed by atoms with Gasteiger partial charge in [0.25, 0.3) is 5.69 Å². The minimum absolute atomic E-state index is 0.160. The molecule has 7 nitrogen and oxygen atoms in total. The van der Waals surface area contributed by atoms with Gasteiger partial charge >= 0.3 is 5.97 Å². The summed E-state index contributed by atoms with van der Waals surface area (Å²) in [5.74, 6) is -0.505. The molecule has 0 radical (unpaired) electrons. The maximum absolute atomic E-state index is 12.0. The number of hydrogen-bond acceptors (Lipinski definition) is 5. The number of rotatable bonds is 5. The largest absolute Gasteiger partial charge is 0.462 e. The highest BCUT2D eigenvalue weighted by molar-refractivity contribution is 5.97. The van der Waals surface area contributed by atoms with Gasteiger partial charge in [-0.05, 0) is 25.5 Å². The van der Waals surface area contributed by atoms with Crippen LogP contribution in [0.25, 0.3) is 11.3 Å². The second-order valence-electron chi connectivity index (χ2n) is 4.31. The molecule has 0 atom stereocenters. The quantitative estimate of drug-likeness (QED) is 0.518. The van der Waals surface area contributed by atoms with Crippen molar-refractivity contribution in [3.05, 3.63) is 45.9 Å². The standard InChI is InChI=1S/C14H15N3O4/c1-3-9-7-11(14(18)21-4-2)13(16-9)10-5-6-15-8-12(10)17(19)20/h5-8,16H,3-4H2,1-2H3. The number of H-pyrrole nitrogens is 1. The van der Waals surface area contributed by atoms with E-state index in [4.69, 9.17) is 4.74 Å². The molecular formula is C14H15N3O4. The Morgan fingerprint density at radius 2 is 2.24 bits per heavy atom. The molecule has 0 bridgehead atoms. The molecule has 0 amide bonds. The van der Waals surface area contributed by atoms with Gasteiger partial charge in [0.05, 0.1) is 28.4 Å². The molecule has 110 valence electrons. The molecule has 0 unspecified atom stereocenters. The third kappa shape index (κ3) is 2.91. The van der Waals surface area contributed by atoms with Crippen LogP contribution < -0.4 is 0 Å². The zero-order chi connectivity index (χ0) is 15.4. The van der Waals surface area contributed by atoms with Crippen molar-refractivity contribution in [1.29, 1.82) is 0 Å². The molecule has 2 aromatic heterocycles. The molecule has 0 aromatic carbocycles. The Kier molecular flexibility index (Phi) is 4.32. The van der Waals surface area contributed by atoms with Crippen molar-refractivity contribution in [2.45, 2.75) is 20.3 Å². The third-order valence-corrected chi connectivity index (χ3v) is 3.02. The van der Waals surface area contributed by atoms with E-state index in [0.717, 1.165) is 11.9 Å². The number of ether oxygens (including phenoxy) is 1. The highest BCUT2D eigenvalue weighted by Crippen LogP contribution is 2.31. The molecule has 7 heteroatoms. The zero-order valence-corrected chi connectivity index (χ0v) is 11.8. The van der Waals surface area contributed by atoms with Crippen molar-refractivity contribution in [3.8, 4) is 11.3 Å². The fraction of sp³-hybridized carbons (Fsp3) is 0.286. The summed E-state index contributed by atoms with van der Waals surface area (Å²) in [5.41, 5.74) is 1.65. The number of esters is 1. The van der Waals surface area contributed by atoms with Crippen LogP contribution >= 0.6 is 0 Å². The third-order valence-electron chi connectivity index (χ3n) is 3.02. The lowest BCUT2D eigenvalue weighted by Crippen LogP contribution is -2.05. The monoisotopic (exact) mass is 289 g/mol. The van der Waals surface area contributed by atoms with E-state index in [1.807, 2.05) is 6.92 Å². The predicted molar refractivity (Wildman–Crippen MR) is 76.0 cm³/mol. The van der Waals surface area contributed by atoms with Crippen molar-refractivity contribution in [2.24, 2.45) is 0 Å². The summed E-state index contributed by atoms with van der Waals surface area (Å²) in [4.78, 5) is 29.4. The number of nitrogens with zero attached hydrogens (tertiary/aromatic N) is 2. The van der Waals surface area contributed by atoms with E-state index in [-0.39, 0.29) is 12.3 Å². The minimum atomic E-state index is -0.524. The molecular weight excluding hydrogens is 274 g/mol. The average Bonchev–Trinajstić information content (AvgIpc) is 2.91. The van der Waals surface area contributed by atoms with Crippen molar-refractivity contribution in [3.63, 3.8) is 0 Å². The lowest BCUT2D eigenvalue weighted by atomic mass is 10.1. The van der Waals surface area contributed by atoms with Gasteiger partial charge in [0.15, 0.2) is 0 Å². The van der Waals surface area contributed by atoms with Crippen LogP contribution in [0.5, 0.6) is 0 Å². The van der Waals surface area contributed by atoms with Crippen molar-refractivity contribution in [1.82, 2.24) is 9.97 Å².